The number of benzene rings is 2. The van der Waals surface area contributed by atoms with Crippen LogP contribution in [0.5, 0.6) is 5.88 Å². The molecule has 318 valence electrons. The molecule has 0 bridgehead atoms. The average Bonchev–Trinajstić information content (AvgIpc) is 4.04. The number of halogens is 3. The minimum absolute atomic E-state index is 0.0255. The molecule has 2 aromatic carbocycles. The summed E-state index contributed by atoms with van der Waals surface area (Å²) < 4.78 is 85.2. The lowest BCUT2D eigenvalue weighted by molar-refractivity contribution is -0.141. The highest BCUT2D eigenvalue weighted by Gasteiger charge is 2.63. The van der Waals surface area contributed by atoms with Crippen molar-refractivity contribution in [2.24, 2.45) is 5.92 Å². The zero-order valence-electron chi connectivity index (χ0n) is 32.7. The summed E-state index contributed by atoms with van der Waals surface area (Å²) in [7, 11) is -2.90. The quantitative estimate of drug-likeness (QED) is 0.198. The van der Waals surface area contributed by atoms with Crippen LogP contribution in [0.25, 0.3) is 33.5 Å². The Labute approximate surface area is 342 Å². The fourth-order valence-electron chi connectivity index (χ4n) is 7.89. The number of sulfonamides is 1. The first kappa shape index (κ1) is 41.0. The number of hydrogen-bond acceptors (Lipinski definition) is 11. The van der Waals surface area contributed by atoms with E-state index in [0.717, 1.165) is 25.7 Å². The number of furan rings is 1. The van der Waals surface area contributed by atoms with Crippen LogP contribution in [0.2, 0.25) is 0 Å². The molecule has 15 nitrogen and oxygen atoms in total. The number of carbonyl (C=O) groups excluding carboxylic acids is 4. The van der Waals surface area contributed by atoms with Crippen molar-refractivity contribution >= 4 is 55.9 Å². The van der Waals surface area contributed by atoms with Gasteiger partial charge in [-0.15, -0.1) is 0 Å². The zero-order chi connectivity index (χ0) is 42.6. The van der Waals surface area contributed by atoms with Gasteiger partial charge in [-0.1, -0.05) is 49.3 Å². The van der Waals surface area contributed by atoms with Crippen LogP contribution in [0.1, 0.15) is 70.3 Å². The molecule has 4 aromatic rings. The van der Waals surface area contributed by atoms with Crippen LogP contribution >= 0.6 is 0 Å². The molecule has 60 heavy (non-hydrogen) atoms. The summed E-state index contributed by atoms with van der Waals surface area (Å²) in [5, 5.41) is 5.98. The van der Waals surface area contributed by atoms with Gasteiger partial charge >= 0.3 is 12.3 Å². The second-order valence-corrected chi connectivity index (χ2v) is 18.3. The van der Waals surface area contributed by atoms with Crippen molar-refractivity contribution in [2.75, 3.05) is 13.7 Å². The summed E-state index contributed by atoms with van der Waals surface area (Å²) in [6.45, 7) is 1.34. The molecule has 0 radical (unpaired) electrons. The number of allylic oxidation sites excluding steroid dienone is 1. The maximum Gasteiger partial charge on any atom is 0.416 e. The average molecular weight is 853 g/mol. The summed E-state index contributed by atoms with van der Waals surface area (Å²) >= 11 is 0. The number of amides is 4. The molecule has 19 heteroatoms. The van der Waals surface area contributed by atoms with Crippen molar-refractivity contribution in [1.29, 1.82) is 0 Å². The van der Waals surface area contributed by atoms with E-state index in [0.29, 0.717) is 48.6 Å². The van der Waals surface area contributed by atoms with Gasteiger partial charge < -0.3 is 29.4 Å². The number of aromatic nitrogens is 2. The van der Waals surface area contributed by atoms with E-state index in [9.17, 15) is 40.8 Å². The fourth-order valence-corrected chi connectivity index (χ4v) is 9.20. The first-order valence-corrected chi connectivity index (χ1v) is 21.2. The monoisotopic (exact) mass is 852 g/mol. The second kappa shape index (κ2) is 15.4. The number of para-hydroxylation sites is 1. The lowest BCUT2D eigenvalue weighted by Gasteiger charge is -2.29. The number of carbonyl (C=O) groups is 4. The van der Waals surface area contributed by atoms with E-state index in [2.05, 4.69) is 25.3 Å². The maximum absolute atomic E-state index is 14.5. The molecule has 3 fully saturated rings. The van der Waals surface area contributed by atoms with Gasteiger partial charge in [-0.05, 0) is 69.7 Å². The van der Waals surface area contributed by atoms with E-state index in [4.69, 9.17) is 13.9 Å². The van der Waals surface area contributed by atoms with Gasteiger partial charge in [-0.25, -0.2) is 18.2 Å². The SMILES string of the molecule is COC(=O)NC1CCCCC/C=C\C2CC2(C(=O)NS(=O)(=O)C2(C)CC2)NC(=O)C2CC(Oc3nc(-c4ccc(C(F)(F)F)cc4)nc4c3oc3ccccc34)CN2C1=O. The lowest BCUT2D eigenvalue weighted by Crippen LogP contribution is -2.58. The van der Waals surface area contributed by atoms with E-state index in [1.807, 2.05) is 6.08 Å². The molecule has 3 N–H and O–H groups in total. The van der Waals surface area contributed by atoms with Crippen LogP contribution in [-0.2, 0) is 35.3 Å². The number of nitrogens with zero attached hydrogens (tertiary/aromatic N) is 3. The Morgan fingerprint density at radius 1 is 1.03 bits per heavy atom. The summed E-state index contributed by atoms with van der Waals surface area (Å²) in [6.07, 6.45) is 0.902. The molecule has 2 saturated carbocycles. The van der Waals surface area contributed by atoms with Crippen molar-refractivity contribution in [2.45, 2.75) is 99.4 Å². The van der Waals surface area contributed by atoms with Gasteiger partial charge in [0, 0.05) is 23.3 Å². The third kappa shape index (κ3) is 7.86. The smallest absolute Gasteiger partial charge is 0.416 e. The number of alkyl halides is 3. The van der Waals surface area contributed by atoms with Gasteiger partial charge in [-0.3, -0.25) is 19.1 Å². The van der Waals surface area contributed by atoms with Crippen LogP contribution in [0.4, 0.5) is 18.0 Å². The van der Waals surface area contributed by atoms with Gasteiger partial charge in [0.1, 0.15) is 34.8 Å². The first-order valence-electron chi connectivity index (χ1n) is 19.8. The molecule has 4 amide bonds. The molecule has 1 saturated heterocycles. The van der Waals surface area contributed by atoms with Crippen LogP contribution in [0.15, 0.2) is 65.1 Å². The van der Waals surface area contributed by atoms with Gasteiger partial charge in [0.15, 0.2) is 5.82 Å². The van der Waals surface area contributed by atoms with Crippen molar-refractivity contribution in [3.05, 3.63) is 66.2 Å². The predicted molar refractivity (Wildman–Crippen MR) is 210 cm³/mol. The van der Waals surface area contributed by atoms with Gasteiger partial charge in [0.25, 0.3) is 11.8 Å². The number of fused-ring (bicyclic) bond motifs is 5. The number of nitrogens with one attached hydrogen (secondary N) is 3. The number of methoxy groups -OCH3 is 1. The Kier molecular flexibility index (Phi) is 10.5. The number of hydrogen-bond donors (Lipinski definition) is 3. The molecule has 4 heterocycles. The summed E-state index contributed by atoms with van der Waals surface area (Å²) in [5.41, 5.74) is -1.37. The third-order valence-corrected chi connectivity index (χ3v) is 14.0. The zero-order valence-corrected chi connectivity index (χ0v) is 33.5. The molecule has 5 unspecified atom stereocenters. The standard InChI is InChI=1S/C41H43F3N6O9S/c1-39(18-19-39)60(55,56)49-37(53)40-21-25(40)10-6-4-3-5-7-12-28(45-38(54)57-2)36(52)50-22-26(20-29(50)34(51)48-40)58-35-32-31(27-11-8-9-13-30(27)59-32)46-33(47-35)23-14-16-24(17-15-23)41(42,43)44/h6,8-11,13-17,25-26,28-29H,3-5,7,12,18-22H2,1-2H3,(H,45,54)(H,48,51)(H,49,53)/b10-6-. The van der Waals surface area contributed by atoms with Crippen LogP contribution < -0.4 is 20.1 Å². The molecule has 4 aliphatic rings. The van der Waals surface area contributed by atoms with E-state index in [1.165, 1.54) is 17.0 Å². The van der Waals surface area contributed by atoms with Crippen molar-refractivity contribution < 1.29 is 54.7 Å². The van der Waals surface area contributed by atoms with Gasteiger partial charge in [-0.2, -0.15) is 18.2 Å². The van der Waals surface area contributed by atoms with Crippen LogP contribution in [0, 0.1) is 5.92 Å². The van der Waals surface area contributed by atoms with E-state index < -0.39 is 80.0 Å². The molecule has 2 aromatic heterocycles. The number of ether oxygens (including phenoxy) is 2. The van der Waals surface area contributed by atoms with Crippen molar-refractivity contribution in [3.8, 4) is 17.3 Å². The topological polar surface area (TPSA) is 199 Å². The minimum Gasteiger partial charge on any atom is -0.470 e. The first-order chi connectivity index (χ1) is 28.5. The van der Waals surface area contributed by atoms with Crippen LogP contribution in [0.3, 0.4) is 0 Å². The number of rotatable bonds is 7. The maximum atomic E-state index is 14.5. The molecular formula is C41H43F3N6O9S. The molecule has 2 aliphatic heterocycles. The van der Waals surface area contributed by atoms with E-state index in [-0.39, 0.29) is 48.7 Å². The molecule has 8 rings (SSSR count). The van der Waals surface area contributed by atoms with Crippen molar-refractivity contribution in [3.63, 3.8) is 0 Å². The lowest BCUT2D eigenvalue weighted by atomic mass is 10.1. The Morgan fingerprint density at radius 3 is 2.50 bits per heavy atom. The molecular weight excluding hydrogens is 810 g/mol. The number of alkyl carbamates (subject to hydrolysis) is 1. The fraction of sp³-hybridized carbons (Fsp3) is 0.463. The van der Waals surface area contributed by atoms with Gasteiger partial charge in [0.05, 0.1) is 24.0 Å². The normalized spacial score (nSPS) is 26.2. The second-order valence-electron chi connectivity index (χ2n) is 16.1. The molecule has 5 atom stereocenters. The Hall–Kier alpha value is -5.72. The summed E-state index contributed by atoms with van der Waals surface area (Å²) in [4.78, 5) is 65.8. The van der Waals surface area contributed by atoms with Gasteiger partial charge in [0.2, 0.25) is 27.4 Å². The Bertz CT molecular complexity index is 2510. The largest absolute Gasteiger partial charge is 0.470 e. The van der Waals surface area contributed by atoms with E-state index in [1.54, 1.807) is 37.3 Å². The highest BCUT2D eigenvalue weighted by atomic mass is 32.2. The highest BCUT2D eigenvalue weighted by molar-refractivity contribution is 7.91. The summed E-state index contributed by atoms with van der Waals surface area (Å²) in [5.74, 6) is -2.83. The van der Waals surface area contributed by atoms with Crippen LogP contribution in [-0.4, -0.2) is 89.2 Å². The molecule has 0 spiro atoms. The summed E-state index contributed by atoms with van der Waals surface area (Å²) in [6, 6.07) is 8.89. The van der Waals surface area contributed by atoms with Crippen molar-refractivity contribution in [1.82, 2.24) is 30.2 Å². The van der Waals surface area contributed by atoms with E-state index >= 15 is 0 Å². The Balaban J connectivity index is 1.15. The Morgan fingerprint density at radius 2 is 1.78 bits per heavy atom. The third-order valence-electron chi connectivity index (χ3n) is 11.9. The minimum atomic E-state index is -4.57. The molecule has 2 aliphatic carbocycles. The predicted octanol–water partition coefficient (Wildman–Crippen LogP) is 5.53. The highest BCUT2D eigenvalue weighted by Crippen LogP contribution is 2.48.